The van der Waals surface area contributed by atoms with Crippen LogP contribution in [-0.2, 0) is 16.6 Å². The average Bonchev–Trinajstić information content (AvgIpc) is 2.87. The molecule has 0 spiro atoms. The largest absolute Gasteiger partial charge is 0.392 e. The van der Waals surface area contributed by atoms with E-state index >= 15 is 0 Å². The molecule has 0 saturated heterocycles. The highest BCUT2D eigenvalue weighted by molar-refractivity contribution is 7.89. The lowest BCUT2D eigenvalue weighted by Crippen LogP contribution is -2.34. The highest BCUT2D eigenvalue weighted by Gasteiger charge is 2.30. The molecule has 4 nitrogen and oxygen atoms in total. The number of sulfonamides is 1. The average molecular weight is 336 g/mol. The summed E-state index contributed by atoms with van der Waals surface area (Å²) in [6.07, 6.45) is 4.16. The van der Waals surface area contributed by atoms with Gasteiger partial charge in [-0.25, -0.2) is 17.5 Å². The van der Waals surface area contributed by atoms with Crippen LogP contribution in [0.4, 0.5) is 4.39 Å². The molecule has 1 aromatic carbocycles. The first-order chi connectivity index (χ1) is 9.77. The SMILES string of the molecule is CC1(CNS(=O)(=O)c2cc(F)c(Cl)c(CO)c2)CCCC1. The molecule has 118 valence electrons. The molecule has 0 aliphatic heterocycles. The van der Waals surface area contributed by atoms with Gasteiger partial charge in [-0.15, -0.1) is 0 Å². The topological polar surface area (TPSA) is 66.4 Å². The van der Waals surface area contributed by atoms with Crippen molar-refractivity contribution in [3.05, 3.63) is 28.5 Å². The molecule has 0 radical (unpaired) electrons. The molecule has 0 bridgehead atoms. The van der Waals surface area contributed by atoms with Crippen molar-refractivity contribution in [2.45, 2.75) is 44.1 Å². The minimum Gasteiger partial charge on any atom is -0.392 e. The lowest BCUT2D eigenvalue weighted by Gasteiger charge is -2.23. The predicted molar refractivity (Wildman–Crippen MR) is 79.1 cm³/mol. The summed E-state index contributed by atoms with van der Waals surface area (Å²) < 4.78 is 40.7. The summed E-state index contributed by atoms with van der Waals surface area (Å²) in [4.78, 5) is -0.213. The third-order valence-electron chi connectivity index (χ3n) is 4.06. The van der Waals surface area contributed by atoms with E-state index in [2.05, 4.69) is 4.72 Å². The van der Waals surface area contributed by atoms with Gasteiger partial charge in [0.05, 0.1) is 16.5 Å². The van der Waals surface area contributed by atoms with Crippen LogP contribution in [-0.4, -0.2) is 20.1 Å². The Morgan fingerprint density at radius 2 is 2.00 bits per heavy atom. The molecule has 1 aliphatic rings. The van der Waals surface area contributed by atoms with Crippen LogP contribution in [0.3, 0.4) is 0 Å². The van der Waals surface area contributed by atoms with Crippen LogP contribution in [0.25, 0.3) is 0 Å². The lowest BCUT2D eigenvalue weighted by molar-refractivity contribution is 0.281. The molecule has 0 heterocycles. The standard InChI is InChI=1S/C14H19ClFNO3S/c1-14(4-2-3-5-14)9-17-21(19,20)11-6-10(8-18)13(15)12(16)7-11/h6-7,17-18H,2-5,8-9H2,1H3. The molecule has 0 unspecified atom stereocenters. The summed E-state index contributed by atoms with van der Waals surface area (Å²) in [5.41, 5.74) is 0.0156. The summed E-state index contributed by atoms with van der Waals surface area (Å²) in [5, 5.41) is 8.86. The van der Waals surface area contributed by atoms with Crippen molar-refractivity contribution < 1.29 is 17.9 Å². The number of rotatable bonds is 5. The maximum absolute atomic E-state index is 13.6. The molecule has 0 aromatic heterocycles. The monoisotopic (exact) mass is 335 g/mol. The van der Waals surface area contributed by atoms with E-state index in [0.717, 1.165) is 31.7 Å². The van der Waals surface area contributed by atoms with Gasteiger partial charge < -0.3 is 5.11 Å². The summed E-state index contributed by atoms with van der Waals surface area (Å²) in [6, 6.07) is 2.07. The van der Waals surface area contributed by atoms with Crippen LogP contribution < -0.4 is 4.72 Å². The Morgan fingerprint density at radius 1 is 1.38 bits per heavy atom. The van der Waals surface area contributed by atoms with Crippen molar-refractivity contribution in [3.63, 3.8) is 0 Å². The highest BCUT2D eigenvalue weighted by atomic mass is 35.5. The Bertz CT molecular complexity index is 627. The normalized spacial score (nSPS) is 18.1. The Kier molecular flexibility index (Phi) is 4.92. The smallest absolute Gasteiger partial charge is 0.240 e. The maximum atomic E-state index is 13.6. The zero-order chi connectivity index (χ0) is 15.7. The molecule has 0 amide bonds. The number of nitrogens with one attached hydrogen (secondary N) is 1. The summed E-state index contributed by atoms with van der Waals surface area (Å²) in [6.45, 7) is 1.86. The predicted octanol–water partition coefficient (Wildman–Crippen LogP) is 2.83. The third-order valence-corrected chi connectivity index (χ3v) is 5.86. The van der Waals surface area contributed by atoms with Gasteiger partial charge >= 0.3 is 0 Å². The van der Waals surface area contributed by atoms with Crippen LogP contribution in [0.2, 0.25) is 5.02 Å². The molecular formula is C14H19ClFNO3S. The summed E-state index contributed by atoms with van der Waals surface area (Å²) in [5.74, 6) is -0.851. The Morgan fingerprint density at radius 3 is 2.57 bits per heavy atom. The van der Waals surface area contributed by atoms with E-state index in [0.29, 0.717) is 6.54 Å². The van der Waals surface area contributed by atoms with E-state index < -0.39 is 22.4 Å². The van der Waals surface area contributed by atoms with Gasteiger partial charge in [0.15, 0.2) is 0 Å². The molecule has 1 fully saturated rings. The quantitative estimate of drug-likeness (QED) is 0.869. The van der Waals surface area contributed by atoms with Gasteiger partial charge in [-0.05, 0) is 30.4 Å². The van der Waals surface area contributed by atoms with Crippen LogP contribution in [0.15, 0.2) is 17.0 Å². The van der Waals surface area contributed by atoms with Crippen molar-refractivity contribution in [3.8, 4) is 0 Å². The fourth-order valence-corrected chi connectivity index (χ4v) is 4.08. The minimum atomic E-state index is -3.82. The lowest BCUT2D eigenvalue weighted by atomic mass is 9.89. The Labute approximate surface area is 129 Å². The molecule has 2 N–H and O–H groups in total. The van der Waals surface area contributed by atoms with Gasteiger partial charge in [0.2, 0.25) is 10.0 Å². The van der Waals surface area contributed by atoms with Crippen LogP contribution >= 0.6 is 11.6 Å². The van der Waals surface area contributed by atoms with Gasteiger partial charge in [-0.1, -0.05) is 31.4 Å². The van der Waals surface area contributed by atoms with Crippen LogP contribution in [0.5, 0.6) is 0 Å². The van der Waals surface area contributed by atoms with E-state index in [1.807, 2.05) is 6.92 Å². The second-order valence-corrected chi connectivity index (χ2v) is 8.02. The third kappa shape index (κ3) is 3.74. The van der Waals surface area contributed by atoms with Crippen molar-refractivity contribution >= 4 is 21.6 Å². The molecule has 1 aliphatic carbocycles. The van der Waals surface area contributed by atoms with E-state index in [1.54, 1.807) is 0 Å². The zero-order valence-corrected chi connectivity index (χ0v) is 13.4. The van der Waals surface area contributed by atoms with Crippen molar-refractivity contribution in [2.24, 2.45) is 5.41 Å². The fraction of sp³-hybridized carbons (Fsp3) is 0.571. The van der Waals surface area contributed by atoms with Crippen molar-refractivity contribution in [1.82, 2.24) is 4.72 Å². The van der Waals surface area contributed by atoms with Crippen LogP contribution in [0.1, 0.15) is 38.2 Å². The molecule has 21 heavy (non-hydrogen) atoms. The molecule has 0 atom stereocenters. The number of hydrogen-bond acceptors (Lipinski definition) is 3. The second-order valence-electron chi connectivity index (χ2n) is 5.88. The Hall–Kier alpha value is -0.690. The van der Waals surface area contributed by atoms with E-state index in [1.165, 1.54) is 6.07 Å². The number of benzene rings is 1. The van der Waals surface area contributed by atoms with Gasteiger partial charge in [0.25, 0.3) is 0 Å². The van der Waals surface area contributed by atoms with Gasteiger partial charge in [0, 0.05) is 12.1 Å². The molecule has 1 saturated carbocycles. The minimum absolute atomic E-state index is 0.0438. The molecule has 1 aromatic rings. The van der Waals surface area contributed by atoms with Gasteiger partial charge in [-0.3, -0.25) is 0 Å². The molecular weight excluding hydrogens is 317 g/mol. The Balaban J connectivity index is 2.21. The first-order valence-electron chi connectivity index (χ1n) is 6.86. The van der Waals surface area contributed by atoms with Gasteiger partial charge in [-0.2, -0.15) is 0 Å². The van der Waals surface area contributed by atoms with Crippen LogP contribution in [0, 0.1) is 11.2 Å². The first-order valence-corrected chi connectivity index (χ1v) is 8.72. The maximum Gasteiger partial charge on any atom is 0.240 e. The van der Waals surface area contributed by atoms with E-state index in [9.17, 15) is 12.8 Å². The number of hydrogen-bond donors (Lipinski definition) is 2. The first kappa shape index (κ1) is 16.7. The van der Waals surface area contributed by atoms with Crippen molar-refractivity contribution in [2.75, 3.05) is 6.54 Å². The molecule has 2 rings (SSSR count). The fourth-order valence-electron chi connectivity index (χ4n) is 2.65. The second kappa shape index (κ2) is 6.20. The summed E-state index contributed by atoms with van der Waals surface area (Å²) in [7, 11) is -3.82. The van der Waals surface area contributed by atoms with E-state index in [-0.39, 0.29) is 20.9 Å². The molecule has 7 heteroatoms. The van der Waals surface area contributed by atoms with E-state index in [4.69, 9.17) is 16.7 Å². The van der Waals surface area contributed by atoms with Crippen molar-refractivity contribution in [1.29, 1.82) is 0 Å². The number of halogens is 2. The van der Waals surface area contributed by atoms with Gasteiger partial charge in [0.1, 0.15) is 5.82 Å². The number of aliphatic hydroxyl groups excluding tert-OH is 1. The summed E-state index contributed by atoms with van der Waals surface area (Å²) >= 11 is 5.67. The zero-order valence-electron chi connectivity index (χ0n) is 11.8. The number of aliphatic hydroxyl groups is 1. The highest BCUT2D eigenvalue weighted by Crippen LogP contribution is 2.37.